The Labute approximate surface area is 104 Å². The monoisotopic (exact) mass is 270 g/mol. The van der Waals surface area contributed by atoms with Crippen LogP contribution in [0.1, 0.15) is 19.8 Å². The highest BCUT2D eigenvalue weighted by Gasteiger charge is 2.15. The lowest BCUT2D eigenvalue weighted by Crippen LogP contribution is -2.06. The normalized spacial score (nSPS) is 12.1. The van der Waals surface area contributed by atoms with Crippen molar-refractivity contribution < 1.29 is 8.42 Å². The van der Waals surface area contributed by atoms with E-state index in [0.29, 0.717) is 16.4 Å². The zero-order chi connectivity index (χ0) is 12.5. The molecule has 1 aromatic carbocycles. The molecule has 0 fully saturated rings. The minimum Gasteiger partial charge on any atom is -0.375 e. The highest BCUT2D eigenvalue weighted by molar-refractivity contribution is 7.91. The molecule has 2 N–H and O–H groups in total. The van der Waals surface area contributed by atoms with Crippen LogP contribution in [0.15, 0.2) is 23.1 Å². The molecule has 0 saturated carbocycles. The molecule has 0 aliphatic heterocycles. The van der Waals surface area contributed by atoms with E-state index in [1.165, 1.54) is 11.3 Å². The molecule has 0 unspecified atom stereocenters. The quantitative estimate of drug-likeness (QED) is 0.926. The van der Waals surface area contributed by atoms with E-state index in [4.69, 9.17) is 5.73 Å². The number of rotatable bonds is 4. The number of unbranched alkanes of at least 4 members (excludes halogenated alkanes) is 1. The second-order valence-electron chi connectivity index (χ2n) is 3.85. The van der Waals surface area contributed by atoms with Crippen LogP contribution in [-0.4, -0.2) is 19.2 Å². The summed E-state index contributed by atoms with van der Waals surface area (Å²) in [6.45, 7) is 1.97. The number of hydrogen-bond donors (Lipinski definition) is 1. The maximum Gasteiger partial charge on any atom is 0.181 e. The molecule has 2 aromatic rings. The van der Waals surface area contributed by atoms with Gasteiger partial charge < -0.3 is 5.73 Å². The van der Waals surface area contributed by atoms with Crippen LogP contribution >= 0.6 is 11.3 Å². The predicted molar refractivity (Wildman–Crippen MR) is 71.0 cm³/mol. The van der Waals surface area contributed by atoms with Gasteiger partial charge in [-0.3, -0.25) is 0 Å². The van der Waals surface area contributed by atoms with Crippen molar-refractivity contribution in [3.05, 3.63) is 18.2 Å². The van der Waals surface area contributed by atoms with Crippen LogP contribution in [0, 0.1) is 0 Å². The second kappa shape index (κ2) is 4.62. The van der Waals surface area contributed by atoms with Crippen molar-refractivity contribution >= 4 is 36.5 Å². The van der Waals surface area contributed by atoms with Gasteiger partial charge in [0.2, 0.25) is 0 Å². The smallest absolute Gasteiger partial charge is 0.181 e. The molecule has 0 amide bonds. The Balaban J connectivity index is 2.42. The van der Waals surface area contributed by atoms with Crippen molar-refractivity contribution in [2.45, 2.75) is 24.7 Å². The SMILES string of the molecule is CCCCS(=O)(=O)c1ccc2nc(N)sc2c1. The van der Waals surface area contributed by atoms with Crippen LogP contribution in [0.2, 0.25) is 0 Å². The Morgan fingerprint density at radius 2 is 2.18 bits per heavy atom. The van der Waals surface area contributed by atoms with Crippen LogP contribution in [0.3, 0.4) is 0 Å². The Morgan fingerprint density at radius 3 is 2.88 bits per heavy atom. The van der Waals surface area contributed by atoms with Gasteiger partial charge in [-0.2, -0.15) is 0 Å². The third kappa shape index (κ3) is 2.58. The molecule has 0 aliphatic carbocycles. The fourth-order valence-corrected chi connectivity index (χ4v) is 3.89. The largest absolute Gasteiger partial charge is 0.375 e. The summed E-state index contributed by atoms with van der Waals surface area (Å²) in [5, 5.41) is 0.461. The minimum absolute atomic E-state index is 0.198. The number of nitrogen functional groups attached to an aromatic ring is 1. The van der Waals surface area contributed by atoms with Crippen LogP contribution in [0.25, 0.3) is 10.2 Å². The summed E-state index contributed by atoms with van der Waals surface area (Å²) in [6.07, 6.45) is 1.56. The highest BCUT2D eigenvalue weighted by Crippen LogP contribution is 2.26. The molecular formula is C11H14N2O2S2. The number of nitrogens with two attached hydrogens (primary N) is 1. The first-order valence-electron chi connectivity index (χ1n) is 5.42. The first kappa shape index (κ1) is 12.3. The van der Waals surface area contributed by atoms with E-state index in [-0.39, 0.29) is 5.75 Å². The van der Waals surface area contributed by atoms with Gasteiger partial charge in [0.15, 0.2) is 15.0 Å². The van der Waals surface area contributed by atoms with E-state index in [1.54, 1.807) is 18.2 Å². The number of benzene rings is 1. The first-order valence-corrected chi connectivity index (χ1v) is 7.88. The van der Waals surface area contributed by atoms with Crippen molar-refractivity contribution in [3.63, 3.8) is 0 Å². The number of aromatic nitrogens is 1. The summed E-state index contributed by atoms with van der Waals surface area (Å²) >= 11 is 1.31. The van der Waals surface area contributed by atoms with Gasteiger partial charge in [0.1, 0.15) is 0 Å². The molecule has 2 rings (SSSR count). The van der Waals surface area contributed by atoms with Crippen molar-refractivity contribution in [2.75, 3.05) is 11.5 Å². The van der Waals surface area contributed by atoms with E-state index in [1.807, 2.05) is 6.92 Å². The van der Waals surface area contributed by atoms with Crippen molar-refractivity contribution in [2.24, 2.45) is 0 Å². The lowest BCUT2D eigenvalue weighted by atomic mass is 10.3. The lowest BCUT2D eigenvalue weighted by Gasteiger charge is -2.02. The van der Waals surface area contributed by atoms with E-state index >= 15 is 0 Å². The summed E-state index contributed by atoms with van der Waals surface area (Å²) in [7, 11) is -3.17. The fraction of sp³-hybridized carbons (Fsp3) is 0.364. The van der Waals surface area contributed by atoms with Crippen molar-refractivity contribution in [1.82, 2.24) is 4.98 Å². The Morgan fingerprint density at radius 1 is 1.41 bits per heavy atom. The summed E-state index contributed by atoms with van der Waals surface area (Å²) in [5.41, 5.74) is 6.34. The topological polar surface area (TPSA) is 73.0 Å². The fourth-order valence-electron chi connectivity index (χ4n) is 1.57. The number of hydrogen-bond acceptors (Lipinski definition) is 5. The van der Waals surface area contributed by atoms with Crippen molar-refractivity contribution in [3.8, 4) is 0 Å². The number of anilines is 1. The van der Waals surface area contributed by atoms with Gasteiger partial charge in [0.25, 0.3) is 0 Å². The van der Waals surface area contributed by atoms with E-state index < -0.39 is 9.84 Å². The zero-order valence-electron chi connectivity index (χ0n) is 9.51. The molecule has 1 heterocycles. The number of nitrogens with zero attached hydrogens (tertiary/aromatic N) is 1. The Hall–Kier alpha value is -1.14. The molecule has 17 heavy (non-hydrogen) atoms. The third-order valence-electron chi connectivity index (χ3n) is 2.50. The second-order valence-corrected chi connectivity index (χ2v) is 7.03. The minimum atomic E-state index is -3.17. The first-order chi connectivity index (χ1) is 8.03. The van der Waals surface area contributed by atoms with E-state index in [9.17, 15) is 8.42 Å². The van der Waals surface area contributed by atoms with Gasteiger partial charge in [-0.1, -0.05) is 24.7 Å². The molecule has 0 radical (unpaired) electrons. The molecule has 0 atom stereocenters. The van der Waals surface area contributed by atoms with Crippen LogP contribution in [-0.2, 0) is 9.84 Å². The molecule has 1 aromatic heterocycles. The molecule has 92 valence electrons. The van der Waals surface area contributed by atoms with Crippen LogP contribution in [0.4, 0.5) is 5.13 Å². The lowest BCUT2D eigenvalue weighted by molar-refractivity contribution is 0.593. The number of thiazole rings is 1. The van der Waals surface area contributed by atoms with Gasteiger partial charge in [-0.05, 0) is 24.6 Å². The van der Waals surface area contributed by atoms with Gasteiger partial charge >= 0.3 is 0 Å². The Kier molecular flexibility index (Phi) is 3.35. The molecule has 0 spiro atoms. The zero-order valence-corrected chi connectivity index (χ0v) is 11.1. The number of fused-ring (bicyclic) bond motifs is 1. The van der Waals surface area contributed by atoms with Gasteiger partial charge in [0.05, 0.1) is 20.9 Å². The molecule has 6 heteroatoms. The summed E-state index contributed by atoms with van der Waals surface area (Å²) in [5.74, 6) is 0.198. The molecule has 4 nitrogen and oxygen atoms in total. The maximum absolute atomic E-state index is 12.0. The highest BCUT2D eigenvalue weighted by atomic mass is 32.2. The molecule has 0 saturated heterocycles. The van der Waals surface area contributed by atoms with E-state index in [0.717, 1.165) is 16.6 Å². The summed E-state index contributed by atoms with van der Waals surface area (Å²) < 4.78 is 24.8. The van der Waals surface area contributed by atoms with Crippen LogP contribution < -0.4 is 5.73 Å². The predicted octanol–water partition coefficient (Wildman–Crippen LogP) is 2.45. The van der Waals surface area contributed by atoms with Gasteiger partial charge in [-0.15, -0.1) is 0 Å². The molecule has 0 bridgehead atoms. The van der Waals surface area contributed by atoms with Crippen molar-refractivity contribution in [1.29, 1.82) is 0 Å². The van der Waals surface area contributed by atoms with Gasteiger partial charge in [0, 0.05) is 0 Å². The van der Waals surface area contributed by atoms with E-state index in [2.05, 4.69) is 4.98 Å². The molecule has 0 aliphatic rings. The average Bonchev–Trinajstić information content (AvgIpc) is 2.65. The summed E-state index contributed by atoms with van der Waals surface area (Å²) in [4.78, 5) is 4.46. The molecular weight excluding hydrogens is 256 g/mol. The Bertz CT molecular complexity index is 632. The average molecular weight is 270 g/mol. The summed E-state index contributed by atoms with van der Waals surface area (Å²) in [6, 6.07) is 4.97. The standard InChI is InChI=1S/C11H14N2O2S2/c1-2-3-6-17(14,15)8-4-5-9-10(7-8)16-11(12)13-9/h4-5,7H,2-3,6H2,1H3,(H2,12,13). The maximum atomic E-state index is 12.0. The third-order valence-corrected chi connectivity index (χ3v) is 5.15. The van der Waals surface area contributed by atoms with Crippen LogP contribution in [0.5, 0.6) is 0 Å². The number of sulfone groups is 1. The van der Waals surface area contributed by atoms with Gasteiger partial charge in [-0.25, -0.2) is 13.4 Å².